The maximum atomic E-state index is 12.8. The van der Waals surface area contributed by atoms with E-state index < -0.39 is 17.7 Å². The molecule has 146 valence electrons. The van der Waals surface area contributed by atoms with Gasteiger partial charge in [-0.05, 0) is 30.2 Å². The minimum Gasteiger partial charge on any atom is -0.456 e. The summed E-state index contributed by atoms with van der Waals surface area (Å²) in [7, 11) is 0. The molecule has 0 fully saturated rings. The van der Waals surface area contributed by atoms with Gasteiger partial charge in [0.2, 0.25) is 0 Å². The van der Waals surface area contributed by atoms with Crippen LogP contribution in [0.15, 0.2) is 53.3 Å². The average molecular weight is 390 g/mol. The summed E-state index contributed by atoms with van der Waals surface area (Å²) in [5.41, 5.74) is -0.974. The van der Waals surface area contributed by atoms with Gasteiger partial charge in [-0.25, -0.2) is 9.48 Å². The number of rotatable bonds is 5. The molecule has 0 radical (unpaired) electrons. The quantitative estimate of drug-likeness (QED) is 0.613. The molecule has 0 aliphatic rings. The largest absolute Gasteiger partial charge is 0.456 e. The normalized spacial score (nSPS) is 11.6. The molecule has 3 rings (SSSR count). The maximum absolute atomic E-state index is 12.8. The topological polar surface area (TPSA) is 61.2 Å². The van der Waals surface area contributed by atoms with E-state index in [9.17, 15) is 22.8 Å². The third kappa shape index (κ3) is 4.05. The van der Waals surface area contributed by atoms with Crippen molar-refractivity contribution in [1.29, 1.82) is 0 Å². The van der Waals surface area contributed by atoms with Crippen LogP contribution in [0.25, 0.3) is 10.8 Å². The predicted octanol–water partition coefficient (Wildman–Crippen LogP) is 4.18. The summed E-state index contributed by atoms with van der Waals surface area (Å²) in [6.45, 7) is 1.86. The summed E-state index contributed by atoms with van der Waals surface area (Å²) >= 11 is 0. The zero-order valence-electron chi connectivity index (χ0n) is 15.0. The van der Waals surface area contributed by atoms with Crippen LogP contribution in [-0.2, 0) is 24.1 Å². The van der Waals surface area contributed by atoms with Crippen LogP contribution in [0.1, 0.15) is 35.0 Å². The fraction of sp³-hybridized carbons (Fsp3) is 0.250. The molecule has 3 aromatic rings. The molecule has 28 heavy (non-hydrogen) atoms. The molecule has 0 aliphatic heterocycles. The van der Waals surface area contributed by atoms with E-state index in [0.717, 1.165) is 12.1 Å². The zero-order valence-corrected chi connectivity index (χ0v) is 15.0. The van der Waals surface area contributed by atoms with Crippen molar-refractivity contribution in [3.05, 3.63) is 75.7 Å². The van der Waals surface area contributed by atoms with Gasteiger partial charge in [0.1, 0.15) is 6.61 Å². The first-order valence-corrected chi connectivity index (χ1v) is 8.64. The molecule has 0 amide bonds. The molecule has 0 aliphatic carbocycles. The fourth-order valence-electron chi connectivity index (χ4n) is 2.80. The van der Waals surface area contributed by atoms with E-state index in [1.807, 2.05) is 6.92 Å². The van der Waals surface area contributed by atoms with Gasteiger partial charge in [-0.15, -0.1) is 0 Å². The van der Waals surface area contributed by atoms with E-state index in [0.29, 0.717) is 23.7 Å². The zero-order chi connectivity index (χ0) is 20.3. The summed E-state index contributed by atoms with van der Waals surface area (Å²) in [5, 5.41) is 4.78. The van der Waals surface area contributed by atoms with Crippen molar-refractivity contribution in [2.75, 3.05) is 0 Å². The van der Waals surface area contributed by atoms with Crippen molar-refractivity contribution in [3.63, 3.8) is 0 Å². The van der Waals surface area contributed by atoms with Crippen LogP contribution in [0.5, 0.6) is 0 Å². The van der Waals surface area contributed by atoms with Gasteiger partial charge in [-0.2, -0.15) is 18.3 Å². The Morgan fingerprint density at radius 2 is 1.82 bits per heavy atom. The minimum atomic E-state index is -4.48. The minimum absolute atomic E-state index is 0.0457. The van der Waals surface area contributed by atoms with Crippen molar-refractivity contribution in [1.82, 2.24) is 9.78 Å². The molecule has 0 spiro atoms. The highest BCUT2D eigenvalue weighted by molar-refractivity contribution is 6.02. The van der Waals surface area contributed by atoms with Crippen LogP contribution in [-0.4, -0.2) is 15.7 Å². The predicted molar refractivity (Wildman–Crippen MR) is 96.9 cm³/mol. The van der Waals surface area contributed by atoms with Crippen molar-refractivity contribution in [2.45, 2.75) is 32.7 Å². The van der Waals surface area contributed by atoms with E-state index in [1.54, 1.807) is 24.3 Å². The number of aryl methyl sites for hydroxylation is 1. The standard InChI is InChI=1S/C20H17F3N2O3/c1-2-10-25-18(26)16-9-4-3-8-15(16)17(24-25)19(27)28-12-13-6-5-7-14(11-13)20(21,22)23/h3-9,11H,2,10,12H2,1H3. The van der Waals surface area contributed by atoms with E-state index in [1.165, 1.54) is 16.8 Å². The monoisotopic (exact) mass is 390 g/mol. The molecular weight excluding hydrogens is 373 g/mol. The maximum Gasteiger partial charge on any atom is 0.416 e. The Morgan fingerprint density at radius 1 is 1.11 bits per heavy atom. The number of carbonyl (C=O) groups excluding carboxylic acids is 1. The summed E-state index contributed by atoms with van der Waals surface area (Å²) in [5.74, 6) is -0.807. The van der Waals surface area contributed by atoms with Crippen LogP contribution >= 0.6 is 0 Å². The number of halogens is 3. The number of ether oxygens (including phenoxy) is 1. The Kier molecular flexibility index (Phi) is 5.48. The molecule has 0 atom stereocenters. The first-order valence-electron chi connectivity index (χ1n) is 8.64. The van der Waals surface area contributed by atoms with Crippen LogP contribution < -0.4 is 5.56 Å². The lowest BCUT2D eigenvalue weighted by molar-refractivity contribution is -0.137. The summed E-state index contributed by atoms with van der Waals surface area (Å²) in [4.78, 5) is 25.0. The number of esters is 1. The van der Waals surface area contributed by atoms with Crippen molar-refractivity contribution < 1.29 is 22.7 Å². The lowest BCUT2D eigenvalue weighted by atomic mass is 10.1. The van der Waals surface area contributed by atoms with Crippen LogP contribution in [0, 0.1) is 0 Å². The van der Waals surface area contributed by atoms with E-state index >= 15 is 0 Å². The number of aromatic nitrogens is 2. The highest BCUT2D eigenvalue weighted by Gasteiger charge is 2.30. The molecule has 0 N–H and O–H groups in total. The summed E-state index contributed by atoms with van der Waals surface area (Å²) in [6.07, 6.45) is -3.84. The van der Waals surface area contributed by atoms with Gasteiger partial charge in [0.25, 0.3) is 5.56 Å². The molecular formula is C20H17F3N2O3. The summed E-state index contributed by atoms with van der Waals surface area (Å²) < 4.78 is 44.8. The van der Waals surface area contributed by atoms with Crippen LogP contribution in [0.2, 0.25) is 0 Å². The third-order valence-corrected chi connectivity index (χ3v) is 4.12. The van der Waals surface area contributed by atoms with Crippen LogP contribution in [0.4, 0.5) is 13.2 Å². The number of alkyl halides is 3. The van der Waals surface area contributed by atoms with E-state index in [2.05, 4.69) is 5.10 Å². The molecule has 0 saturated heterocycles. The second-order valence-electron chi connectivity index (χ2n) is 6.20. The van der Waals surface area contributed by atoms with E-state index in [-0.39, 0.29) is 23.4 Å². The third-order valence-electron chi connectivity index (χ3n) is 4.12. The Bertz CT molecular complexity index is 1070. The Balaban J connectivity index is 1.90. The molecule has 1 heterocycles. The van der Waals surface area contributed by atoms with Crippen molar-refractivity contribution in [3.8, 4) is 0 Å². The van der Waals surface area contributed by atoms with Gasteiger partial charge in [-0.3, -0.25) is 4.79 Å². The summed E-state index contributed by atoms with van der Waals surface area (Å²) in [6, 6.07) is 11.1. The first kappa shape index (κ1) is 19.6. The van der Waals surface area contributed by atoms with Gasteiger partial charge >= 0.3 is 12.1 Å². The Morgan fingerprint density at radius 3 is 2.50 bits per heavy atom. The number of hydrogen-bond donors (Lipinski definition) is 0. The number of nitrogens with zero attached hydrogens (tertiary/aromatic N) is 2. The molecule has 2 aromatic carbocycles. The van der Waals surface area contributed by atoms with Gasteiger partial charge in [-0.1, -0.05) is 37.3 Å². The van der Waals surface area contributed by atoms with Crippen molar-refractivity contribution >= 4 is 16.7 Å². The Hall–Kier alpha value is -3.16. The molecule has 0 unspecified atom stereocenters. The second kappa shape index (κ2) is 7.84. The lowest BCUT2D eigenvalue weighted by Crippen LogP contribution is -2.26. The highest BCUT2D eigenvalue weighted by Crippen LogP contribution is 2.29. The van der Waals surface area contributed by atoms with Gasteiger partial charge in [0.15, 0.2) is 5.69 Å². The highest BCUT2D eigenvalue weighted by atomic mass is 19.4. The second-order valence-corrected chi connectivity index (χ2v) is 6.20. The smallest absolute Gasteiger partial charge is 0.416 e. The van der Waals surface area contributed by atoms with Gasteiger partial charge in [0, 0.05) is 11.9 Å². The van der Waals surface area contributed by atoms with E-state index in [4.69, 9.17) is 4.74 Å². The molecule has 8 heteroatoms. The molecule has 5 nitrogen and oxygen atoms in total. The fourth-order valence-corrected chi connectivity index (χ4v) is 2.80. The van der Waals surface area contributed by atoms with Crippen LogP contribution in [0.3, 0.4) is 0 Å². The molecule has 0 bridgehead atoms. The number of benzene rings is 2. The molecule has 1 aromatic heterocycles. The van der Waals surface area contributed by atoms with Gasteiger partial charge in [0.05, 0.1) is 10.9 Å². The Labute approximate surface area is 158 Å². The molecule has 0 saturated carbocycles. The lowest BCUT2D eigenvalue weighted by Gasteiger charge is -2.11. The number of fused-ring (bicyclic) bond motifs is 1. The van der Waals surface area contributed by atoms with Crippen molar-refractivity contribution in [2.24, 2.45) is 0 Å². The average Bonchev–Trinajstić information content (AvgIpc) is 2.68. The SMILES string of the molecule is CCCn1nc(C(=O)OCc2cccc(C(F)(F)F)c2)c2ccccc2c1=O. The van der Waals surface area contributed by atoms with Gasteiger partial charge < -0.3 is 4.74 Å². The first-order chi connectivity index (χ1) is 13.3. The number of carbonyl (C=O) groups is 1. The number of hydrogen-bond acceptors (Lipinski definition) is 4.